The fourth-order valence-corrected chi connectivity index (χ4v) is 6.02. The number of ether oxygens (including phenoxy) is 1. The number of sulfonamides is 1. The normalized spacial score (nSPS) is 18.6. The highest BCUT2D eigenvalue weighted by Gasteiger charge is 2.27. The van der Waals surface area contributed by atoms with Crippen LogP contribution >= 0.6 is 0 Å². The summed E-state index contributed by atoms with van der Waals surface area (Å²) in [6, 6.07) is 11.9. The van der Waals surface area contributed by atoms with E-state index in [1.807, 2.05) is 12.1 Å². The van der Waals surface area contributed by atoms with Crippen molar-refractivity contribution in [3.63, 3.8) is 0 Å². The van der Waals surface area contributed by atoms with Crippen LogP contribution < -0.4 is 10.1 Å². The molecule has 0 atom stereocenters. The van der Waals surface area contributed by atoms with Crippen molar-refractivity contribution in [2.24, 2.45) is 0 Å². The molecule has 0 aromatic heterocycles. The first-order valence-electron chi connectivity index (χ1n) is 11.2. The number of methoxy groups -OCH3 is 1. The topological polar surface area (TPSA) is 78.9 Å². The standard InChI is InChI=1S/C24H31N3O4S/c1-26-15-11-18(12-16-26)22-17-19(5-10-23(22)31-2)24(28)25-20-6-8-21(9-7-20)32(29,30)27-13-3-4-14-27/h5-10,17-18H,3-4,11-16H2,1-2H3,(H,25,28). The van der Waals surface area contributed by atoms with Crippen molar-refractivity contribution >= 4 is 21.6 Å². The molecule has 0 saturated carbocycles. The van der Waals surface area contributed by atoms with Crippen LogP contribution in [0.5, 0.6) is 5.75 Å². The first-order valence-corrected chi connectivity index (χ1v) is 12.6. The van der Waals surface area contributed by atoms with Crippen LogP contribution in [0.4, 0.5) is 5.69 Å². The van der Waals surface area contributed by atoms with Crippen LogP contribution in [0.15, 0.2) is 47.4 Å². The van der Waals surface area contributed by atoms with Gasteiger partial charge in [0.05, 0.1) is 12.0 Å². The lowest BCUT2D eigenvalue weighted by Gasteiger charge is -2.30. The molecule has 0 spiro atoms. The van der Waals surface area contributed by atoms with Gasteiger partial charge in [0.1, 0.15) is 5.75 Å². The van der Waals surface area contributed by atoms with Gasteiger partial charge < -0.3 is 15.0 Å². The molecule has 7 nitrogen and oxygen atoms in total. The molecule has 2 saturated heterocycles. The predicted octanol–water partition coefficient (Wildman–Crippen LogP) is 3.54. The molecule has 0 bridgehead atoms. The summed E-state index contributed by atoms with van der Waals surface area (Å²) in [6.45, 7) is 3.18. The summed E-state index contributed by atoms with van der Waals surface area (Å²) in [5, 5.41) is 2.88. The van der Waals surface area contributed by atoms with Gasteiger partial charge in [0, 0.05) is 24.3 Å². The maximum Gasteiger partial charge on any atom is 0.255 e. The molecule has 8 heteroatoms. The van der Waals surface area contributed by atoms with E-state index in [2.05, 4.69) is 17.3 Å². The second kappa shape index (κ2) is 9.60. The second-order valence-corrected chi connectivity index (χ2v) is 10.6. The van der Waals surface area contributed by atoms with E-state index in [0.717, 1.165) is 50.1 Å². The smallest absolute Gasteiger partial charge is 0.255 e. The van der Waals surface area contributed by atoms with Crippen molar-refractivity contribution in [1.82, 2.24) is 9.21 Å². The van der Waals surface area contributed by atoms with Crippen LogP contribution in [0, 0.1) is 0 Å². The number of carbonyl (C=O) groups excluding carboxylic acids is 1. The number of hydrogen-bond donors (Lipinski definition) is 1. The van der Waals surface area contributed by atoms with Crippen LogP contribution in [0.2, 0.25) is 0 Å². The van der Waals surface area contributed by atoms with Crippen molar-refractivity contribution < 1.29 is 17.9 Å². The van der Waals surface area contributed by atoms with Gasteiger partial charge in [0.2, 0.25) is 10.0 Å². The Morgan fingerprint density at radius 1 is 1.00 bits per heavy atom. The second-order valence-electron chi connectivity index (χ2n) is 8.62. The Balaban J connectivity index is 1.48. The van der Waals surface area contributed by atoms with Gasteiger partial charge in [0.25, 0.3) is 5.91 Å². The van der Waals surface area contributed by atoms with E-state index in [1.54, 1.807) is 37.4 Å². The number of amides is 1. The number of piperidine rings is 1. The lowest BCUT2D eigenvalue weighted by molar-refractivity contribution is 0.102. The zero-order valence-corrected chi connectivity index (χ0v) is 19.5. The Bertz CT molecular complexity index is 1060. The number of hydrogen-bond acceptors (Lipinski definition) is 5. The highest BCUT2D eigenvalue weighted by molar-refractivity contribution is 7.89. The number of likely N-dealkylation sites (tertiary alicyclic amines) is 1. The Morgan fingerprint density at radius 3 is 2.28 bits per heavy atom. The minimum absolute atomic E-state index is 0.225. The maximum atomic E-state index is 12.9. The SMILES string of the molecule is COc1ccc(C(=O)Nc2ccc(S(=O)(=O)N3CCCC3)cc2)cc1C1CCN(C)CC1. The highest BCUT2D eigenvalue weighted by atomic mass is 32.2. The number of rotatable bonds is 6. The van der Waals surface area contributed by atoms with E-state index in [4.69, 9.17) is 4.74 Å². The summed E-state index contributed by atoms with van der Waals surface area (Å²) in [5.74, 6) is 0.952. The van der Waals surface area contributed by atoms with Gasteiger partial charge in [-0.05, 0) is 99.8 Å². The van der Waals surface area contributed by atoms with Gasteiger partial charge in [-0.3, -0.25) is 4.79 Å². The Hall–Kier alpha value is -2.42. The summed E-state index contributed by atoms with van der Waals surface area (Å²) in [7, 11) is 0.319. The fraction of sp³-hybridized carbons (Fsp3) is 0.458. The molecule has 2 heterocycles. The van der Waals surface area contributed by atoms with E-state index in [0.29, 0.717) is 30.3 Å². The maximum absolute atomic E-state index is 12.9. The monoisotopic (exact) mass is 457 g/mol. The molecule has 2 aromatic carbocycles. The third-order valence-corrected chi connectivity index (χ3v) is 8.38. The summed E-state index contributed by atoms with van der Waals surface area (Å²) < 4.78 is 32.4. The van der Waals surface area contributed by atoms with Crippen molar-refractivity contribution in [3.8, 4) is 5.75 Å². The average Bonchev–Trinajstić information content (AvgIpc) is 3.35. The van der Waals surface area contributed by atoms with Crippen LogP contribution in [-0.2, 0) is 10.0 Å². The van der Waals surface area contributed by atoms with E-state index in [1.165, 1.54) is 4.31 Å². The average molecular weight is 458 g/mol. The van der Waals surface area contributed by atoms with Gasteiger partial charge in [-0.1, -0.05) is 0 Å². The lowest BCUT2D eigenvalue weighted by atomic mass is 9.88. The molecule has 0 radical (unpaired) electrons. The summed E-state index contributed by atoms with van der Waals surface area (Å²) in [5.41, 5.74) is 2.20. The first kappa shape index (κ1) is 22.8. The molecule has 2 aliphatic heterocycles. The fourth-order valence-electron chi connectivity index (χ4n) is 4.51. The summed E-state index contributed by atoms with van der Waals surface area (Å²) in [4.78, 5) is 15.5. The Morgan fingerprint density at radius 2 is 1.66 bits per heavy atom. The van der Waals surface area contributed by atoms with Crippen LogP contribution in [0.1, 0.15) is 47.5 Å². The van der Waals surface area contributed by atoms with E-state index in [9.17, 15) is 13.2 Å². The molecule has 32 heavy (non-hydrogen) atoms. The molecule has 0 aliphatic carbocycles. The first-order chi connectivity index (χ1) is 15.4. The summed E-state index contributed by atoms with van der Waals surface area (Å²) in [6.07, 6.45) is 3.86. The highest BCUT2D eigenvalue weighted by Crippen LogP contribution is 2.35. The zero-order valence-electron chi connectivity index (χ0n) is 18.7. The van der Waals surface area contributed by atoms with Crippen molar-refractivity contribution in [2.75, 3.05) is 45.7 Å². The number of carbonyl (C=O) groups is 1. The van der Waals surface area contributed by atoms with Gasteiger partial charge >= 0.3 is 0 Å². The molecular weight excluding hydrogens is 426 g/mol. The Kier molecular flexibility index (Phi) is 6.83. The van der Waals surface area contributed by atoms with Crippen molar-refractivity contribution in [3.05, 3.63) is 53.6 Å². The molecule has 172 valence electrons. The number of nitrogens with one attached hydrogen (secondary N) is 1. The quantitative estimate of drug-likeness (QED) is 0.718. The van der Waals surface area contributed by atoms with E-state index in [-0.39, 0.29) is 10.8 Å². The predicted molar refractivity (Wildman–Crippen MR) is 125 cm³/mol. The van der Waals surface area contributed by atoms with Crippen LogP contribution in [0.25, 0.3) is 0 Å². The van der Waals surface area contributed by atoms with Gasteiger partial charge in [-0.15, -0.1) is 0 Å². The largest absolute Gasteiger partial charge is 0.496 e. The van der Waals surface area contributed by atoms with Gasteiger partial charge in [-0.25, -0.2) is 8.42 Å². The number of benzene rings is 2. The van der Waals surface area contributed by atoms with E-state index >= 15 is 0 Å². The molecule has 2 aliphatic rings. The van der Waals surface area contributed by atoms with Crippen molar-refractivity contribution in [2.45, 2.75) is 36.5 Å². The number of anilines is 1. The van der Waals surface area contributed by atoms with E-state index < -0.39 is 10.0 Å². The molecule has 4 rings (SSSR count). The molecule has 2 fully saturated rings. The molecular formula is C24H31N3O4S. The van der Waals surface area contributed by atoms with Crippen LogP contribution in [0.3, 0.4) is 0 Å². The molecule has 0 unspecified atom stereocenters. The van der Waals surface area contributed by atoms with Gasteiger partial charge in [-0.2, -0.15) is 4.31 Å². The minimum atomic E-state index is -3.46. The van der Waals surface area contributed by atoms with Gasteiger partial charge in [0.15, 0.2) is 0 Å². The minimum Gasteiger partial charge on any atom is -0.496 e. The van der Waals surface area contributed by atoms with Crippen molar-refractivity contribution in [1.29, 1.82) is 0 Å². The third kappa shape index (κ3) is 4.82. The van der Waals surface area contributed by atoms with Crippen LogP contribution in [-0.4, -0.2) is 63.9 Å². The number of nitrogens with zero attached hydrogens (tertiary/aromatic N) is 2. The summed E-state index contributed by atoms with van der Waals surface area (Å²) >= 11 is 0. The molecule has 2 aromatic rings. The Labute approximate surface area is 190 Å². The lowest BCUT2D eigenvalue weighted by Crippen LogP contribution is -2.29. The molecule has 1 amide bonds. The third-order valence-electron chi connectivity index (χ3n) is 6.47. The molecule has 1 N–H and O–H groups in total. The zero-order chi connectivity index (χ0) is 22.7.